The van der Waals surface area contributed by atoms with E-state index in [-0.39, 0.29) is 11.8 Å². The summed E-state index contributed by atoms with van der Waals surface area (Å²) in [5.41, 5.74) is 3.13. The van der Waals surface area contributed by atoms with E-state index < -0.39 is 0 Å². The highest BCUT2D eigenvalue weighted by atomic mass is 32.1. The molecule has 0 aliphatic carbocycles. The SMILES string of the molecule is Cc1cccc(C(C)C)c1NC(=O)CCCNC(=O)c1cccs1. The lowest BCUT2D eigenvalue weighted by atomic mass is 9.98. The minimum absolute atomic E-state index is 0.0171. The van der Waals surface area contributed by atoms with Gasteiger partial charge in [0, 0.05) is 18.7 Å². The number of aryl methyl sites for hydroxylation is 1. The first-order chi connectivity index (χ1) is 11.5. The first-order valence-corrected chi connectivity index (χ1v) is 9.08. The van der Waals surface area contributed by atoms with Gasteiger partial charge in [0.25, 0.3) is 5.91 Å². The number of anilines is 1. The topological polar surface area (TPSA) is 58.2 Å². The summed E-state index contributed by atoms with van der Waals surface area (Å²) in [5.74, 6) is 0.258. The predicted molar refractivity (Wildman–Crippen MR) is 99.8 cm³/mol. The molecule has 2 rings (SSSR count). The van der Waals surface area contributed by atoms with E-state index in [1.54, 1.807) is 6.07 Å². The van der Waals surface area contributed by atoms with Crippen LogP contribution in [0.2, 0.25) is 0 Å². The van der Waals surface area contributed by atoms with Crippen molar-refractivity contribution in [3.05, 3.63) is 51.7 Å². The second kappa shape index (κ2) is 8.64. The number of amides is 2. The molecule has 0 aliphatic rings. The Kier molecular flexibility index (Phi) is 6.55. The average Bonchev–Trinajstić information content (AvgIpc) is 3.07. The number of thiophene rings is 1. The Morgan fingerprint density at radius 2 is 1.96 bits per heavy atom. The van der Waals surface area contributed by atoms with Crippen molar-refractivity contribution in [3.63, 3.8) is 0 Å². The number of carbonyl (C=O) groups is 2. The number of carbonyl (C=O) groups excluding carboxylic acids is 2. The third kappa shape index (κ3) is 4.93. The first kappa shape index (κ1) is 18.2. The number of hydrogen-bond acceptors (Lipinski definition) is 3. The smallest absolute Gasteiger partial charge is 0.261 e. The number of rotatable bonds is 7. The van der Waals surface area contributed by atoms with Crippen LogP contribution in [0.15, 0.2) is 35.7 Å². The standard InChI is InChI=1S/C19H24N2O2S/c1-13(2)15-8-4-7-14(3)18(15)21-17(22)10-5-11-20-19(23)16-9-6-12-24-16/h4,6-9,12-13H,5,10-11H2,1-3H3,(H,20,23)(H,21,22). The Morgan fingerprint density at radius 1 is 1.17 bits per heavy atom. The van der Waals surface area contributed by atoms with Crippen LogP contribution in [0.25, 0.3) is 0 Å². The van der Waals surface area contributed by atoms with Crippen LogP contribution in [0.4, 0.5) is 5.69 Å². The molecule has 0 saturated heterocycles. The van der Waals surface area contributed by atoms with Gasteiger partial charge in [0.2, 0.25) is 5.91 Å². The minimum atomic E-state index is -0.0774. The predicted octanol–water partition coefficient (Wildman–Crippen LogP) is 4.33. The van der Waals surface area contributed by atoms with Crippen molar-refractivity contribution < 1.29 is 9.59 Å². The summed E-state index contributed by atoms with van der Waals surface area (Å²) in [6, 6.07) is 9.71. The van der Waals surface area contributed by atoms with Gasteiger partial charge < -0.3 is 10.6 Å². The van der Waals surface area contributed by atoms with Crippen LogP contribution >= 0.6 is 11.3 Å². The molecule has 5 heteroatoms. The van der Waals surface area contributed by atoms with E-state index in [1.807, 2.05) is 30.5 Å². The summed E-state index contributed by atoms with van der Waals surface area (Å²) in [5, 5.41) is 7.73. The normalized spacial score (nSPS) is 10.7. The fraction of sp³-hybridized carbons (Fsp3) is 0.368. The summed E-state index contributed by atoms with van der Waals surface area (Å²) in [6.07, 6.45) is 1.00. The van der Waals surface area contributed by atoms with Crippen molar-refractivity contribution in [2.24, 2.45) is 0 Å². The number of hydrogen-bond donors (Lipinski definition) is 2. The van der Waals surface area contributed by atoms with Crippen LogP contribution < -0.4 is 10.6 Å². The molecule has 2 N–H and O–H groups in total. The van der Waals surface area contributed by atoms with Gasteiger partial charge in [-0.05, 0) is 41.8 Å². The minimum Gasteiger partial charge on any atom is -0.351 e. The zero-order valence-electron chi connectivity index (χ0n) is 14.4. The van der Waals surface area contributed by atoms with Crippen molar-refractivity contribution in [3.8, 4) is 0 Å². The third-order valence-electron chi connectivity index (χ3n) is 3.80. The molecule has 0 saturated carbocycles. The molecule has 1 aromatic heterocycles. The first-order valence-electron chi connectivity index (χ1n) is 8.20. The quantitative estimate of drug-likeness (QED) is 0.735. The maximum Gasteiger partial charge on any atom is 0.261 e. The van der Waals surface area contributed by atoms with Crippen molar-refractivity contribution in [1.82, 2.24) is 5.32 Å². The zero-order valence-corrected chi connectivity index (χ0v) is 15.2. The van der Waals surface area contributed by atoms with Crippen LogP contribution in [0.1, 0.15) is 53.4 Å². The van der Waals surface area contributed by atoms with E-state index in [9.17, 15) is 9.59 Å². The molecule has 0 bridgehead atoms. The Labute approximate surface area is 147 Å². The highest BCUT2D eigenvalue weighted by Crippen LogP contribution is 2.27. The lowest BCUT2D eigenvalue weighted by molar-refractivity contribution is -0.116. The summed E-state index contributed by atoms with van der Waals surface area (Å²) < 4.78 is 0. The van der Waals surface area contributed by atoms with E-state index >= 15 is 0 Å². The van der Waals surface area contributed by atoms with Gasteiger partial charge in [-0.15, -0.1) is 11.3 Å². The largest absolute Gasteiger partial charge is 0.351 e. The van der Waals surface area contributed by atoms with Gasteiger partial charge in [-0.25, -0.2) is 0 Å². The Morgan fingerprint density at radius 3 is 2.62 bits per heavy atom. The molecule has 2 amide bonds. The van der Waals surface area contributed by atoms with Crippen LogP contribution in [0.3, 0.4) is 0 Å². The molecular formula is C19H24N2O2S. The van der Waals surface area contributed by atoms with E-state index in [1.165, 1.54) is 11.3 Å². The van der Waals surface area contributed by atoms with Gasteiger partial charge in [-0.3, -0.25) is 9.59 Å². The zero-order chi connectivity index (χ0) is 17.5. The average molecular weight is 344 g/mol. The second-order valence-corrected chi connectivity index (χ2v) is 7.03. The van der Waals surface area contributed by atoms with Crippen molar-refractivity contribution >= 4 is 28.8 Å². The number of nitrogens with one attached hydrogen (secondary N) is 2. The molecule has 1 aromatic carbocycles. The number of para-hydroxylation sites is 1. The van der Waals surface area contributed by atoms with Crippen LogP contribution in [0, 0.1) is 6.92 Å². The van der Waals surface area contributed by atoms with Gasteiger partial charge in [-0.1, -0.05) is 38.1 Å². The fourth-order valence-corrected chi connectivity index (χ4v) is 3.13. The third-order valence-corrected chi connectivity index (χ3v) is 4.67. The molecular weight excluding hydrogens is 320 g/mol. The molecule has 2 aromatic rings. The second-order valence-electron chi connectivity index (χ2n) is 6.08. The Balaban J connectivity index is 1.81. The summed E-state index contributed by atoms with van der Waals surface area (Å²) in [6.45, 7) is 6.73. The van der Waals surface area contributed by atoms with Gasteiger partial charge in [-0.2, -0.15) is 0 Å². The van der Waals surface area contributed by atoms with E-state index in [2.05, 4.69) is 30.5 Å². The van der Waals surface area contributed by atoms with Crippen LogP contribution in [-0.4, -0.2) is 18.4 Å². The molecule has 0 spiro atoms. The summed E-state index contributed by atoms with van der Waals surface area (Å²) >= 11 is 1.41. The van der Waals surface area contributed by atoms with Crippen LogP contribution in [-0.2, 0) is 4.79 Å². The Hall–Kier alpha value is -2.14. The lowest BCUT2D eigenvalue weighted by Gasteiger charge is -2.16. The van der Waals surface area contributed by atoms with Gasteiger partial charge in [0.05, 0.1) is 4.88 Å². The highest BCUT2D eigenvalue weighted by Gasteiger charge is 2.12. The molecule has 1 heterocycles. The fourth-order valence-electron chi connectivity index (χ4n) is 2.49. The van der Waals surface area contributed by atoms with E-state index in [0.717, 1.165) is 16.8 Å². The Bertz CT molecular complexity index is 693. The molecule has 0 atom stereocenters. The summed E-state index contributed by atoms with van der Waals surface area (Å²) in [7, 11) is 0. The van der Waals surface area contributed by atoms with Crippen molar-refractivity contribution in [1.29, 1.82) is 0 Å². The molecule has 0 fully saturated rings. The molecule has 0 aliphatic heterocycles. The van der Waals surface area contributed by atoms with Crippen molar-refractivity contribution in [2.45, 2.75) is 39.5 Å². The molecule has 128 valence electrons. The van der Waals surface area contributed by atoms with E-state index in [0.29, 0.717) is 30.2 Å². The number of benzene rings is 1. The van der Waals surface area contributed by atoms with Crippen LogP contribution in [0.5, 0.6) is 0 Å². The maximum absolute atomic E-state index is 12.2. The molecule has 0 radical (unpaired) electrons. The van der Waals surface area contributed by atoms with Gasteiger partial charge in [0.1, 0.15) is 0 Å². The van der Waals surface area contributed by atoms with Crippen molar-refractivity contribution in [2.75, 3.05) is 11.9 Å². The monoisotopic (exact) mass is 344 g/mol. The summed E-state index contributed by atoms with van der Waals surface area (Å²) in [4.78, 5) is 24.7. The van der Waals surface area contributed by atoms with Gasteiger partial charge >= 0.3 is 0 Å². The highest BCUT2D eigenvalue weighted by molar-refractivity contribution is 7.12. The van der Waals surface area contributed by atoms with E-state index in [4.69, 9.17) is 0 Å². The molecule has 0 unspecified atom stereocenters. The van der Waals surface area contributed by atoms with Gasteiger partial charge in [0.15, 0.2) is 0 Å². The maximum atomic E-state index is 12.2. The lowest BCUT2D eigenvalue weighted by Crippen LogP contribution is -2.24. The molecule has 24 heavy (non-hydrogen) atoms. The molecule has 4 nitrogen and oxygen atoms in total.